The van der Waals surface area contributed by atoms with Crippen LogP contribution >= 0.6 is 0 Å². The maximum absolute atomic E-state index is 11.8. The van der Waals surface area contributed by atoms with Gasteiger partial charge in [0.05, 0.1) is 17.0 Å². The van der Waals surface area contributed by atoms with E-state index in [9.17, 15) is 4.79 Å². The third kappa shape index (κ3) is 2.51. The van der Waals surface area contributed by atoms with Gasteiger partial charge in [0.25, 0.3) is 0 Å². The molecule has 1 aromatic carbocycles. The number of anilines is 1. The minimum Gasteiger partial charge on any atom is -0.456 e. The van der Waals surface area contributed by atoms with Gasteiger partial charge in [0.2, 0.25) is 0 Å². The van der Waals surface area contributed by atoms with Crippen molar-refractivity contribution in [3.8, 4) is 0 Å². The Morgan fingerprint density at radius 2 is 2.17 bits per heavy atom. The summed E-state index contributed by atoms with van der Waals surface area (Å²) in [4.78, 5) is 11.8. The molecule has 0 saturated heterocycles. The highest BCUT2D eigenvalue weighted by Gasteiger charge is 2.11. The number of aromatic nitrogens is 2. The van der Waals surface area contributed by atoms with E-state index in [1.807, 2.05) is 20.0 Å². The van der Waals surface area contributed by atoms with Crippen LogP contribution in [-0.2, 0) is 18.4 Å². The molecule has 2 rings (SSSR count). The maximum Gasteiger partial charge on any atom is 0.340 e. The van der Waals surface area contributed by atoms with Gasteiger partial charge >= 0.3 is 5.97 Å². The van der Waals surface area contributed by atoms with E-state index >= 15 is 0 Å². The van der Waals surface area contributed by atoms with Gasteiger partial charge in [-0.05, 0) is 25.1 Å². The first-order valence-corrected chi connectivity index (χ1v) is 5.59. The molecule has 94 valence electrons. The third-order valence-corrected chi connectivity index (χ3v) is 2.63. The van der Waals surface area contributed by atoms with Crippen LogP contribution in [0.3, 0.4) is 0 Å². The van der Waals surface area contributed by atoms with Crippen LogP contribution in [0.4, 0.5) is 5.69 Å². The largest absolute Gasteiger partial charge is 0.456 e. The summed E-state index contributed by atoms with van der Waals surface area (Å²) >= 11 is 0. The van der Waals surface area contributed by atoms with Crippen LogP contribution in [0.5, 0.6) is 0 Å². The quantitative estimate of drug-likeness (QED) is 0.659. The second kappa shape index (κ2) is 4.91. The molecule has 2 N–H and O–H groups in total. The second-order valence-corrected chi connectivity index (χ2v) is 4.06. The summed E-state index contributed by atoms with van der Waals surface area (Å²) in [5, 5.41) is 4.18. The van der Waals surface area contributed by atoms with E-state index < -0.39 is 5.97 Å². The molecule has 0 fully saturated rings. The van der Waals surface area contributed by atoms with Gasteiger partial charge in [0.15, 0.2) is 0 Å². The molecule has 5 nitrogen and oxygen atoms in total. The molecule has 0 aliphatic carbocycles. The van der Waals surface area contributed by atoms with Crippen molar-refractivity contribution in [3.63, 3.8) is 0 Å². The predicted octanol–water partition coefficient (Wildman–Crippen LogP) is 1.67. The standard InChI is InChI=1S/C13H15N3O2/c1-9-7-10(16(2)15-9)8-18-13(17)11-5-3-4-6-12(11)14/h3-7H,8,14H2,1-2H3. The highest BCUT2D eigenvalue weighted by Crippen LogP contribution is 2.13. The maximum atomic E-state index is 11.8. The highest BCUT2D eigenvalue weighted by molar-refractivity contribution is 5.94. The average molecular weight is 245 g/mol. The SMILES string of the molecule is Cc1cc(COC(=O)c2ccccc2N)n(C)n1. The number of rotatable bonds is 3. The van der Waals surface area contributed by atoms with Crippen molar-refractivity contribution in [2.45, 2.75) is 13.5 Å². The third-order valence-electron chi connectivity index (χ3n) is 2.63. The number of para-hydroxylation sites is 1. The van der Waals surface area contributed by atoms with Crippen LogP contribution in [0.25, 0.3) is 0 Å². The molecule has 0 bridgehead atoms. The van der Waals surface area contributed by atoms with Crippen LogP contribution in [0.1, 0.15) is 21.7 Å². The summed E-state index contributed by atoms with van der Waals surface area (Å²) in [6, 6.07) is 8.72. The topological polar surface area (TPSA) is 70.1 Å². The van der Waals surface area contributed by atoms with Gasteiger partial charge in [-0.15, -0.1) is 0 Å². The molecule has 5 heteroatoms. The fraction of sp³-hybridized carbons (Fsp3) is 0.231. The van der Waals surface area contributed by atoms with Crippen molar-refractivity contribution in [2.24, 2.45) is 7.05 Å². The van der Waals surface area contributed by atoms with Gasteiger partial charge in [-0.1, -0.05) is 12.1 Å². The van der Waals surface area contributed by atoms with Crippen LogP contribution in [0.2, 0.25) is 0 Å². The monoisotopic (exact) mass is 245 g/mol. The average Bonchev–Trinajstić information content (AvgIpc) is 2.65. The van der Waals surface area contributed by atoms with Crippen molar-refractivity contribution in [1.29, 1.82) is 0 Å². The zero-order valence-electron chi connectivity index (χ0n) is 10.4. The summed E-state index contributed by atoms with van der Waals surface area (Å²) in [5.41, 5.74) is 8.25. The van der Waals surface area contributed by atoms with Gasteiger partial charge in [-0.3, -0.25) is 4.68 Å². The molecule has 0 aliphatic rings. The number of carbonyl (C=O) groups is 1. The molecule has 1 heterocycles. The summed E-state index contributed by atoms with van der Waals surface area (Å²) in [5.74, 6) is -0.424. The van der Waals surface area contributed by atoms with Gasteiger partial charge in [-0.25, -0.2) is 4.79 Å². The van der Waals surface area contributed by atoms with Crippen LogP contribution < -0.4 is 5.73 Å². The van der Waals surface area contributed by atoms with Gasteiger partial charge < -0.3 is 10.5 Å². The Morgan fingerprint density at radius 1 is 1.44 bits per heavy atom. The van der Waals surface area contributed by atoms with E-state index in [0.29, 0.717) is 11.3 Å². The highest BCUT2D eigenvalue weighted by atomic mass is 16.5. The first kappa shape index (κ1) is 12.2. The first-order valence-electron chi connectivity index (χ1n) is 5.59. The van der Waals surface area contributed by atoms with Crippen molar-refractivity contribution in [1.82, 2.24) is 9.78 Å². The molecule has 18 heavy (non-hydrogen) atoms. The lowest BCUT2D eigenvalue weighted by Gasteiger charge is -2.06. The molecule has 0 atom stereocenters. The smallest absolute Gasteiger partial charge is 0.340 e. The lowest BCUT2D eigenvalue weighted by Crippen LogP contribution is -2.09. The van der Waals surface area contributed by atoms with E-state index in [-0.39, 0.29) is 6.61 Å². The van der Waals surface area contributed by atoms with Crippen molar-refractivity contribution < 1.29 is 9.53 Å². The number of hydrogen-bond acceptors (Lipinski definition) is 4. The number of ether oxygens (including phenoxy) is 1. The number of benzene rings is 1. The number of nitrogens with zero attached hydrogens (tertiary/aromatic N) is 2. The number of nitrogens with two attached hydrogens (primary N) is 1. The molecular formula is C13H15N3O2. The number of esters is 1. The fourth-order valence-electron chi connectivity index (χ4n) is 1.70. The Morgan fingerprint density at radius 3 is 2.78 bits per heavy atom. The molecule has 0 unspecified atom stereocenters. The summed E-state index contributed by atoms with van der Waals surface area (Å²) in [6.07, 6.45) is 0. The molecule has 0 radical (unpaired) electrons. The zero-order valence-corrected chi connectivity index (χ0v) is 10.4. The van der Waals surface area contributed by atoms with Crippen molar-refractivity contribution in [2.75, 3.05) is 5.73 Å². The van der Waals surface area contributed by atoms with Crippen LogP contribution in [-0.4, -0.2) is 15.7 Å². The van der Waals surface area contributed by atoms with Crippen molar-refractivity contribution in [3.05, 3.63) is 47.3 Å². The second-order valence-electron chi connectivity index (χ2n) is 4.06. The molecular weight excluding hydrogens is 230 g/mol. The molecule has 0 aliphatic heterocycles. The molecule has 1 aromatic heterocycles. The summed E-state index contributed by atoms with van der Waals surface area (Å²) in [7, 11) is 1.81. The van der Waals surface area contributed by atoms with Crippen molar-refractivity contribution >= 4 is 11.7 Å². The van der Waals surface area contributed by atoms with Crippen LogP contribution in [0.15, 0.2) is 30.3 Å². The minimum absolute atomic E-state index is 0.185. The van der Waals surface area contributed by atoms with Gasteiger partial charge in [0, 0.05) is 12.7 Å². The van der Waals surface area contributed by atoms with E-state index in [4.69, 9.17) is 10.5 Å². The Hall–Kier alpha value is -2.30. The molecule has 0 spiro atoms. The number of aryl methyl sites for hydroxylation is 2. The number of carbonyl (C=O) groups excluding carboxylic acids is 1. The van der Waals surface area contributed by atoms with Gasteiger partial charge in [-0.2, -0.15) is 5.10 Å². The van der Waals surface area contributed by atoms with Gasteiger partial charge in [0.1, 0.15) is 6.61 Å². The number of hydrogen-bond donors (Lipinski definition) is 1. The van der Waals surface area contributed by atoms with E-state index in [2.05, 4.69) is 5.10 Å². The molecule has 0 amide bonds. The first-order chi connectivity index (χ1) is 8.58. The lowest BCUT2D eigenvalue weighted by atomic mass is 10.2. The van der Waals surface area contributed by atoms with E-state index in [0.717, 1.165) is 11.4 Å². The number of nitrogen functional groups attached to an aromatic ring is 1. The Kier molecular flexibility index (Phi) is 3.32. The van der Waals surface area contributed by atoms with E-state index in [1.54, 1.807) is 28.9 Å². The van der Waals surface area contributed by atoms with Crippen LogP contribution in [0, 0.1) is 6.92 Å². The normalized spacial score (nSPS) is 10.3. The zero-order chi connectivity index (χ0) is 13.1. The summed E-state index contributed by atoms with van der Waals surface area (Å²) < 4.78 is 6.90. The minimum atomic E-state index is -0.424. The fourth-order valence-corrected chi connectivity index (χ4v) is 1.70. The summed E-state index contributed by atoms with van der Waals surface area (Å²) in [6.45, 7) is 2.07. The Balaban J connectivity index is 2.05. The van der Waals surface area contributed by atoms with E-state index in [1.165, 1.54) is 0 Å². The molecule has 0 saturated carbocycles. The molecule has 2 aromatic rings. The lowest BCUT2D eigenvalue weighted by molar-refractivity contribution is 0.0465. The Labute approximate surface area is 105 Å². The predicted molar refractivity (Wildman–Crippen MR) is 67.9 cm³/mol. The Bertz CT molecular complexity index is 575.